The molecule has 0 aliphatic carbocycles. The highest BCUT2D eigenvalue weighted by atomic mass is 79.9. The van der Waals surface area contributed by atoms with E-state index >= 15 is 0 Å². The molecule has 0 aromatic heterocycles. The van der Waals surface area contributed by atoms with E-state index in [-0.39, 0.29) is 11.8 Å². The molecule has 0 aliphatic rings. The fourth-order valence-corrected chi connectivity index (χ4v) is 2.72. The first-order valence-electron chi connectivity index (χ1n) is 6.24. The zero-order chi connectivity index (χ0) is 15.1. The van der Waals surface area contributed by atoms with Crippen LogP contribution in [0.2, 0.25) is 0 Å². The maximum atomic E-state index is 12.1. The topological polar surface area (TPSA) is 40.6 Å². The third-order valence-electron chi connectivity index (χ3n) is 2.91. The van der Waals surface area contributed by atoms with Crippen LogP contribution in [0.4, 0.5) is 0 Å². The van der Waals surface area contributed by atoms with E-state index in [0.29, 0.717) is 24.2 Å². The molecular weight excluding hydrogens is 388 g/mol. The van der Waals surface area contributed by atoms with Crippen LogP contribution in [-0.2, 0) is 0 Å². The number of hydrogen-bond donors (Lipinski definition) is 0. The van der Waals surface area contributed by atoms with Crippen molar-refractivity contribution >= 4 is 43.7 Å². The van der Waals surface area contributed by atoms with E-state index in [1.807, 2.05) is 0 Å². The maximum absolute atomic E-state index is 12.1. The van der Waals surface area contributed by atoms with Gasteiger partial charge in [0.05, 0.1) is 0 Å². The van der Waals surface area contributed by atoms with Crippen LogP contribution in [0.15, 0.2) is 24.3 Å². The van der Waals surface area contributed by atoms with Gasteiger partial charge in [-0.05, 0) is 24.3 Å². The van der Waals surface area contributed by atoms with Crippen LogP contribution in [0.25, 0.3) is 0 Å². The molecule has 0 unspecified atom stereocenters. The lowest BCUT2D eigenvalue weighted by Gasteiger charge is -2.17. The van der Waals surface area contributed by atoms with Crippen molar-refractivity contribution in [1.29, 1.82) is 0 Å². The second kappa shape index (κ2) is 8.42. The standard InChI is InChI=1S/C14H18Br2N2O2/c1-17(9-7-15)13(19)11-3-5-12(6-4-11)14(20)18(2)10-8-16/h3-6H,7-10H2,1-2H3. The molecule has 0 N–H and O–H groups in total. The monoisotopic (exact) mass is 404 g/mol. The van der Waals surface area contributed by atoms with Crippen LogP contribution in [0.3, 0.4) is 0 Å². The van der Waals surface area contributed by atoms with Gasteiger partial charge in [0, 0.05) is 49.0 Å². The van der Waals surface area contributed by atoms with E-state index in [0.717, 1.165) is 10.7 Å². The van der Waals surface area contributed by atoms with Crippen LogP contribution >= 0.6 is 31.9 Å². The van der Waals surface area contributed by atoms with Gasteiger partial charge in [0.1, 0.15) is 0 Å². The van der Waals surface area contributed by atoms with E-state index in [2.05, 4.69) is 31.9 Å². The third kappa shape index (κ3) is 4.59. The summed E-state index contributed by atoms with van der Waals surface area (Å²) in [6, 6.07) is 6.79. The molecule has 1 rings (SSSR count). The van der Waals surface area contributed by atoms with Gasteiger partial charge in [-0.25, -0.2) is 0 Å². The Kier molecular flexibility index (Phi) is 7.23. The number of alkyl halides is 2. The van der Waals surface area contributed by atoms with Gasteiger partial charge in [-0.15, -0.1) is 0 Å². The summed E-state index contributed by atoms with van der Waals surface area (Å²) in [7, 11) is 3.51. The number of carbonyl (C=O) groups excluding carboxylic acids is 2. The molecular formula is C14H18Br2N2O2. The molecule has 0 radical (unpaired) electrons. The number of amides is 2. The molecule has 20 heavy (non-hydrogen) atoms. The Balaban J connectivity index is 2.78. The second-order valence-electron chi connectivity index (χ2n) is 4.41. The molecule has 0 bridgehead atoms. The lowest BCUT2D eigenvalue weighted by Crippen LogP contribution is -2.29. The minimum absolute atomic E-state index is 0.0442. The quantitative estimate of drug-likeness (QED) is 0.682. The average molecular weight is 406 g/mol. The zero-order valence-electron chi connectivity index (χ0n) is 11.6. The first-order chi connectivity index (χ1) is 9.51. The predicted octanol–water partition coefficient (Wildman–Crippen LogP) is 2.62. The summed E-state index contributed by atoms with van der Waals surface area (Å²) in [5.74, 6) is -0.0884. The fraction of sp³-hybridized carbons (Fsp3) is 0.429. The van der Waals surface area contributed by atoms with Gasteiger partial charge in [0.15, 0.2) is 0 Å². The number of benzene rings is 1. The molecule has 0 saturated heterocycles. The van der Waals surface area contributed by atoms with Gasteiger partial charge < -0.3 is 9.80 Å². The highest BCUT2D eigenvalue weighted by Crippen LogP contribution is 2.09. The highest BCUT2D eigenvalue weighted by molar-refractivity contribution is 9.09. The summed E-state index contributed by atoms with van der Waals surface area (Å²) in [5.41, 5.74) is 1.18. The average Bonchev–Trinajstić information content (AvgIpc) is 2.46. The maximum Gasteiger partial charge on any atom is 0.253 e. The number of nitrogens with zero attached hydrogens (tertiary/aromatic N) is 2. The van der Waals surface area contributed by atoms with Crippen molar-refractivity contribution in [2.45, 2.75) is 0 Å². The van der Waals surface area contributed by atoms with Gasteiger partial charge in [-0.3, -0.25) is 9.59 Å². The molecule has 0 fully saturated rings. The summed E-state index contributed by atoms with van der Waals surface area (Å²) in [5, 5.41) is 1.48. The zero-order valence-corrected chi connectivity index (χ0v) is 14.8. The van der Waals surface area contributed by atoms with E-state index in [1.165, 1.54) is 0 Å². The molecule has 0 aliphatic heterocycles. The summed E-state index contributed by atoms with van der Waals surface area (Å²) in [6.45, 7) is 1.29. The van der Waals surface area contributed by atoms with E-state index in [9.17, 15) is 9.59 Å². The third-order valence-corrected chi connectivity index (χ3v) is 3.62. The van der Waals surface area contributed by atoms with E-state index < -0.39 is 0 Å². The number of halogens is 2. The molecule has 110 valence electrons. The lowest BCUT2D eigenvalue weighted by atomic mass is 10.1. The van der Waals surface area contributed by atoms with Gasteiger partial charge in [0.2, 0.25) is 0 Å². The second-order valence-corrected chi connectivity index (χ2v) is 5.99. The SMILES string of the molecule is CN(CCBr)C(=O)c1ccc(C(=O)N(C)CCBr)cc1. The van der Waals surface area contributed by atoms with Crippen LogP contribution in [-0.4, -0.2) is 59.5 Å². The molecule has 1 aromatic rings. The Morgan fingerprint density at radius 2 is 1.15 bits per heavy atom. The molecule has 1 aromatic carbocycles. The van der Waals surface area contributed by atoms with Crippen LogP contribution in [0.5, 0.6) is 0 Å². The van der Waals surface area contributed by atoms with Crippen LogP contribution in [0, 0.1) is 0 Å². The lowest BCUT2D eigenvalue weighted by molar-refractivity contribution is 0.0792. The van der Waals surface area contributed by atoms with Crippen molar-refractivity contribution < 1.29 is 9.59 Å². The molecule has 0 atom stereocenters. The van der Waals surface area contributed by atoms with Crippen molar-refractivity contribution in [3.05, 3.63) is 35.4 Å². The first-order valence-corrected chi connectivity index (χ1v) is 8.48. The van der Waals surface area contributed by atoms with Gasteiger partial charge in [0.25, 0.3) is 11.8 Å². The first kappa shape index (κ1) is 17.2. The van der Waals surface area contributed by atoms with Gasteiger partial charge in [-0.1, -0.05) is 31.9 Å². The van der Waals surface area contributed by atoms with Crippen molar-refractivity contribution in [3.63, 3.8) is 0 Å². The van der Waals surface area contributed by atoms with Crippen molar-refractivity contribution in [1.82, 2.24) is 9.80 Å². The Morgan fingerprint density at radius 1 is 0.850 bits per heavy atom. The number of rotatable bonds is 6. The van der Waals surface area contributed by atoms with E-state index in [1.54, 1.807) is 48.2 Å². The Morgan fingerprint density at radius 3 is 1.40 bits per heavy atom. The van der Waals surface area contributed by atoms with Crippen molar-refractivity contribution in [2.75, 3.05) is 37.8 Å². The number of hydrogen-bond acceptors (Lipinski definition) is 2. The highest BCUT2D eigenvalue weighted by Gasteiger charge is 2.14. The number of carbonyl (C=O) groups is 2. The molecule has 2 amide bonds. The molecule has 0 saturated carbocycles. The summed E-state index contributed by atoms with van der Waals surface area (Å²) >= 11 is 6.61. The normalized spacial score (nSPS) is 10.2. The molecule has 0 heterocycles. The summed E-state index contributed by atoms with van der Waals surface area (Å²) in [6.07, 6.45) is 0. The van der Waals surface area contributed by atoms with Crippen molar-refractivity contribution in [2.24, 2.45) is 0 Å². The molecule has 4 nitrogen and oxygen atoms in total. The minimum atomic E-state index is -0.0442. The Hall–Kier alpha value is -0.880. The predicted molar refractivity (Wildman–Crippen MR) is 88.0 cm³/mol. The smallest absolute Gasteiger partial charge is 0.253 e. The van der Waals surface area contributed by atoms with Crippen LogP contribution < -0.4 is 0 Å². The Bertz CT molecular complexity index is 420. The van der Waals surface area contributed by atoms with Crippen molar-refractivity contribution in [3.8, 4) is 0 Å². The largest absolute Gasteiger partial charge is 0.341 e. The molecule has 0 spiro atoms. The summed E-state index contributed by atoms with van der Waals surface area (Å²) < 4.78 is 0. The van der Waals surface area contributed by atoms with Crippen LogP contribution in [0.1, 0.15) is 20.7 Å². The van der Waals surface area contributed by atoms with Gasteiger partial charge >= 0.3 is 0 Å². The Labute approximate surface area is 136 Å². The summed E-state index contributed by atoms with van der Waals surface area (Å²) in [4.78, 5) is 27.4. The minimum Gasteiger partial charge on any atom is -0.341 e. The fourth-order valence-electron chi connectivity index (χ4n) is 1.65. The van der Waals surface area contributed by atoms with Gasteiger partial charge in [-0.2, -0.15) is 0 Å². The van der Waals surface area contributed by atoms with E-state index in [4.69, 9.17) is 0 Å². The molecule has 6 heteroatoms.